The van der Waals surface area contributed by atoms with Crippen LogP contribution in [-0.2, 0) is 6.54 Å². The summed E-state index contributed by atoms with van der Waals surface area (Å²) in [7, 11) is 1.66. The Hall–Kier alpha value is -1.17. The van der Waals surface area contributed by atoms with Crippen LogP contribution in [0.25, 0.3) is 0 Å². The van der Waals surface area contributed by atoms with Crippen LogP contribution in [0.1, 0.15) is 19.4 Å². The molecule has 0 amide bonds. The number of hydrogen-bond acceptors (Lipinski definition) is 5. The third-order valence-electron chi connectivity index (χ3n) is 3.51. The summed E-state index contributed by atoms with van der Waals surface area (Å²) in [6.07, 6.45) is 1.75. The Labute approximate surface area is 121 Å². The molecule has 2 rings (SSSR count). The van der Waals surface area contributed by atoms with Crippen LogP contribution in [0, 0.1) is 0 Å². The summed E-state index contributed by atoms with van der Waals surface area (Å²) in [4.78, 5) is 8.95. The Morgan fingerprint density at radius 1 is 1.25 bits per heavy atom. The van der Waals surface area contributed by atoms with Gasteiger partial charge in [-0.25, -0.2) is 4.98 Å². The van der Waals surface area contributed by atoms with Gasteiger partial charge in [-0.15, -0.1) is 0 Å². The molecule has 0 radical (unpaired) electrons. The summed E-state index contributed by atoms with van der Waals surface area (Å²) >= 11 is 0. The molecule has 0 spiro atoms. The van der Waals surface area contributed by atoms with Gasteiger partial charge >= 0.3 is 0 Å². The number of methoxy groups -OCH3 is 1. The largest absolute Gasteiger partial charge is 0.481 e. The van der Waals surface area contributed by atoms with Crippen molar-refractivity contribution in [3.63, 3.8) is 0 Å². The van der Waals surface area contributed by atoms with E-state index in [1.807, 2.05) is 19.9 Å². The quantitative estimate of drug-likeness (QED) is 0.870. The SMILES string of the molecule is COc1ncccc1CN1CCN(CC(C)(C)O)CC1. The number of hydrogen-bond donors (Lipinski definition) is 1. The molecule has 1 aliphatic rings. The third-order valence-corrected chi connectivity index (χ3v) is 3.51. The maximum atomic E-state index is 9.86. The zero-order chi connectivity index (χ0) is 14.6. The lowest BCUT2D eigenvalue weighted by Gasteiger charge is -2.37. The molecule has 0 unspecified atom stereocenters. The molecular formula is C15H25N3O2. The molecule has 0 aromatic carbocycles. The van der Waals surface area contributed by atoms with Crippen LogP contribution in [0.15, 0.2) is 18.3 Å². The van der Waals surface area contributed by atoms with Crippen molar-refractivity contribution in [3.8, 4) is 5.88 Å². The number of ether oxygens (including phenoxy) is 1. The van der Waals surface area contributed by atoms with Gasteiger partial charge in [0, 0.05) is 51.0 Å². The molecular weight excluding hydrogens is 254 g/mol. The second-order valence-electron chi connectivity index (χ2n) is 6.04. The second kappa shape index (κ2) is 6.52. The molecule has 1 aliphatic heterocycles. The van der Waals surface area contributed by atoms with Crippen LogP contribution < -0.4 is 4.74 Å². The number of nitrogens with zero attached hydrogens (tertiary/aromatic N) is 3. The van der Waals surface area contributed by atoms with Gasteiger partial charge in [-0.05, 0) is 19.9 Å². The number of β-amino-alcohol motifs (C(OH)–C–C–N with tert-alkyl or cyclic N) is 1. The van der Waals surface area contributed by atoms with Gasteiger partial charge in [0.05, 0.1) is 12.7 Å². The van der Waals surface area contributed by atoms with Gasteiger partial charge in [-0.1, -0.05) is 6.07 Å². The first-order chi connectivity index (χ1) is 9.48. The van der Waals surface area contributed by atoms with E-state index in [2.05, 4.69) is 20.9 Å². The molecule has 5 nitrogen and oxygen atoms in total. The van der Waals surface area contributed by atoms with Gasteiger partial charge in [0.1, 0.15) is 0 Å². The second-order valence-corrected chi connectivity index (χ2v) is 6.04. The normalized spacial score (nSPS) is 18.2. The van der Waals surface area contributed by atoms with Gasteiger partial charge in [0.15, 0.2) is 0 Å². The van der Waals surface area contributed by atoms with Crippen molar-refractivity contribution in [2.75, 3.05) is 39.8 Å². The topological polar surface area (TPSA) is 48.8 Å². The smallest absolute Gasteiger partial charge is 0.217 e. The van der Waals surface area contributed by atoms with E-state index in [1.165, 1.54) is 0 Å². The monoisotopic (exact) mass is 279 g/mol. The molecule has 1 N–H and O–H groups in total. The summed E-state index contributed by atoms with van der Waals surface area (Å²) in [6, 6.07) is 4.01. The first kappa shape index (κ1) is 15.2. The number of aliphatic hydroxyl groups is 1. The van der Waals surface area contributed by atoms with Crippen LogP contribution >= 0.6 is 0 Å². The number of piperazine rings is 1. The maximum Gasteiger partial charge on any atom is 0.217 e. The standard InChI is InChI=1S/C15H25N3O2/c1-15(2,19)12-18-9-7-17(8-10-18)11-13-5-4-6-16-14(13)20-3/h4-6,19H,7-12H2,1-3H3. The minimum absolute atomic E-state index is 0.616. The minimum atomic E-state index is -0.616. The molecule has 2 heterocycles. The maximum absolute atomic E-state index is 9.86. The van der Waals surface area contributed by atoms with Gasteiger partial charge in [-0.3, -0.25) is 9.80 Å². The lowest BCUT2D eigenvalue weighted by atomic mass is 10.1. The van der Waals surface area contributed by atoms with Gasteiger partial charge in [0.25, 0.3) is 0 Å². The molecule has 0 atom stereocenters. The van der Waals surface area contributed by atoms with Crippen molar-refractivity contribution in [2.24, 2.45) is 0 Å². The molecule has 0 bridgehead atoms. The van der Waals surface area contributed by atoms with E-state index in [4.69, 9.17) is 4.74 Å². The Kier molecular flexibility index (Phi) is 4.96. The fourth-order valence-corrected chi connectivity index (χ4v) is 2.62. The summed E-state index contributed by atoms with van der Waals surface area (Å²) in [5.74, 6) is 0.714. The summed E-state index contributed by atoms with van der Waals surface area (Å²) in [5, 5.41) is 9.86. The van der Waals surface area contributed by atoms with E-state index in [1.54, 1.807) is 13.3 Å². The Morgan fingerprint density at radius 3 is 2.50 bits per heavy atom. The van der Waals surface area contributed by atoms with Gasteiger partial charge < -0.3 is 9.84 Å². The van der Waals surface area contributed by atoms with E-state index in [9.17, 15) is 5.11 Å². The first-order valence-corrected chi connectivity index (χ1v) is 7.13. The van der Waals surface area contributed by atoms with Crippen molar-refractivity contribution in [2.45, 2.75) is 26.0 Å². The number of pyridine rings is 1. The molecule has 112 valence electrons. The van der Waals surface area contributed by atoms with Gasteiger partial charge in [-0.2, -0.15) is 0 Å². The summed E-state index contributed by atoms with van der Waals surface area (Å²) < 4.78 is 5.29. The van der Waals surface area contributed by atoms with Crippen molar-refractivity contribution >= 4 is 0 Å². The Balaban J connectivity index is 1.85. The van der Waals surface area contributed by atoms with E-state index >= 15 is 0 Å². The summed E-state index contributed by atoms with van der Waals surface area (Å²) in [6.45, 7) is 9.32. The van der Waals surface area contributed by atoms with Crippen LogP contribution in [0.4, 0.5) is 0 Å². The predicted octanol–water partition coefficient (Wildman–Crippen LogP) is 0.979. The van der Waals surface area contributed by atoms with Crippen LogP contribution in [0.3, 0.4) is 0 Å². The van der Waals surface area contributed by atoms with Crippen molar-refractivity contribution in [3.05, 3.63) is 23.9 Å². The molecule has 20 heavy (non-hydrogen) atoms. The molecule has 0 aliphatic carbocycles. The zero-order valence-electron chi connectivity index (χ0n) is 12.7. The average Bonchev–Trinajstić information content (AvgIpc) is 2.40. The van der Waals surface area contributed by atoms with Crippen LogP contribution in [-0.4, -0.2) is 65.3 Å². The lowest BCUT2D eigenvalue weighted by molar-refractivity contribution is 0.0166. The Bertz CT molecular complexity index is 423. The van der Waals surface area contributed by atoms with Crippen LogP contribution in [0.2, 0.25) is 0 Å². The van der Waals surface area contributed by atoms with E-state index in [-0.39, 0.29) is 0 Å². The molecule has 1 aromatic rings. The summed E-state index contributed by atoms with van der Waals surface area (Å²) in [5.41, 5.74) is 0.514. The third kappa shape index (κ3) is 4.44. The highest BCUT2D eigenvalue weighted by Crippen LogP contribution is 2.17. The molecule has 1 fully saturated rings. The highest BCUT2D eigenvalue weighted by Gasteiger charge is 2.23. The highest BCUT2D eigenvalue weighted by atomic mass is 16.5. The lowest BCUT2D eigenvalue weighted by Crippen LogP contribution is -2.50. The first-order valence-electron chi connectivity index (χ1n) is 7.13. The number of rotatable bonds is 5. The van der Waals surface area contributed by atoms with E-state index < -0.39 is 5.60 Å². The molecule has 1 saturated heterocycles. The molecule has 0 saturated carbocycles. The van der Waals surface area contributed by atoms with Gasteiger partial charge in [0.2, 0.25) is 5.88 Å². The van der Waals surface area contributed by atoms with Crippen molar-refractivity contribution < 1.29 is 9.84 Å². The highest BCUT2D eigenvalue weighted by molar-refractivity contribution is 5.25. The van der Waals surface area contributed by atoms with E-state index in [0.29, 0.717) is 5.88 Å². The van der Waals surface area contributed by atoms with Crippen LogP contribution in [0.5, 0.6) is 5.88 Å². The minimum Gasteiger partial charge on any atom is -0.481 e. The average molecular weight is 279 g/mol. The molecule has 5 heteroatoms. The predicted molar refractivity (Wildman–Crippen MR) is 78.8 cm³/mol. The fraction of sp³-hybridized carbons (Fsp3) is 0.667. The van der Waals surface area contributed by atoms with Crippen molar-refractivity contribution in [1.82, 2.24) is 14.8 Å². The zero-order valence-corrected chi connectivity index (χ0v) is 12.7. The Morgan fingerprint density at radius 2 is 1.90 bits per heavy atom. The fourth-order valence-electron chi connectivity index (χ4n) is 2.62. The van der Waals surface area contributed by atoms with E-state index in [0.717, 1.165) is 44.8 Å². The molecule has 1 aromatic heterocycles. The van der Waals surface area contributed by atoms with Crippen molar-refractivity contribution in [1.29, 1.82) is 0 Å². The number of aromatic nitrogens is 1.